The van der Waals surface area contributed by atoms with Gasteiger partial charge in [0.1, 0.15) is 17.4 Å². The molecule has 2 aromatic rings. The number of para-hydroxylation sites is 1. The Morgan fingerprint density at radius 1 is 1.21 bits per heavy atom. The highest BCUT2D eigenvalue weighted by atomic mass is 32.1. The highest BCUT2D eigenvalue weighted by molar-refractivity contribution is 7.11. The van der Waals surface area contributed by atoms with Gasteiger partial charge in [-0.2, -0.15) is 0 Å². The summed E-state index contributed by atoms with van der Waals surface area (Å²) in [5.74, 6) is 1.66. The summed E-state index contributed by atoms with van der Waals surface area (Å²) in [6.45, 7) is 10.6. The molecule has 1 aliphatic rings. The first kappa shape index (κ1) is 21.5. The van der Waals surface area contributed by atoms with Crippen molar-refractivity contribution in [3.63, 3.8) is 0 Å². The third kappa shape index (κ3) is 6.69. The van der Waals surface area contributed by atoms with Crippen molar-refractivity contribution < 1.29 is 9.47 Å². The predicted octanol–water partition coefficient (Wildman–Crippen LogP) is 2.34. The number of morpholine rings is 1. The molecule has 2 N–H and O–H groups in total. The van der Waals surface area contributed by atoms with Crippen LogP contribution in [0.5, 0.6) is 5.75 Å². The lowest BCUT2D eigenvalue weighted by Gasteiger charge is -2.26. The summed E-state index contributed by atoms with van der Waals surface area (Å²) < 4.78 is 11.5. The van der Waals surface area contributed by atoms with Crippen LogP contribution in [0.25, 0.3) is 0 Å². The largest absolute Gasteiger partial charge is 0.492 e. The van der Waals surface area contributed by atoms with Crippen molar-refractivity contribution in [2.75, 3.05) is 46.5 Å². The second kappa shape index (κ2) is 11.1. The zero-order valence-electron chi connectivity index (χ0n) is 17.5. The molecule has 0 atom stereocenters. The number of aryl methyl sites for hydroxylation is 2. The number of benzene rings is 1. The molecule has 0 radical (unpaired) electrons. The van der Waals surface area contributed by atoms with E-state index < -0.39 is 0 Å². The van der Waals surface area contributed by atoms with E-state index in [1.165, 1.54) is 4.88 Å². The summed E-state index contributed by atoms with van der Waals surface area (Å²) in [6.07, 6.45) is 0. The van der Waals surface area contributed by atoms with Crippen LogP contribution in [0.1, 0.15) is 21.1 Å². The van der Waals surface area contributed by atoms with Crippen molar-refractivity contribution in [1.82, 2.24) is 20.5 Å². The lowest BCUT2D eigenvalue weighted by atomic mass is 10.2. The van der Waals surface area contributed by atoms with Crippen molar-refractivity contribution >= 4 is 17.3 Å². The van der Waals surface area contributed by atoms with Gasteiger partial charge in [0.2, 0.25) is 0 Å². The second-order valence-corrected chi connectivity index (χ2v) is 8.23. The average Bonchev–Trinajstić information content (AvgIpc) is 3.07. The van der Waals surface area contributed by atoms with E-state index in [1.54, 1.807) is 18.4 Å². The quantitative estimate of drug-likeness (QED) is 0.508. The first-order valence-electron chi connectivity index (χ1n) is 10.0. The van der Waals surface area contributed by atoms with Crippen LogP contribution in [-0.2, 0) is 17.8 Å². The second-order valence-electron chi connectivity index (χ2n) is 6.94. The van der Waals surface area contributed by atoms with Gasteiger partial charge in [0.05, 0.1) is 25.5 Å². The lowest BCUT2D eigenvalue weighted by molar-refractivity contribution is 0.0322. The number of aliphatic imine (C=N–C) groups is 1. The summed E-state index contributed by atoms with van der Waals surface area (Å²) in [4.78, 5) is 12.5. The van der Waals surface area contributed by atoms with Gasteiger partial charge >= 0.3 is 0 Å². The van der Waals surface area contributed by atoms with Gasteiger partial charge in [-0.3, -0.25) is 9.89 Å². The normalized spacial score (nSPS) is 15.3. The number of aromatic nitrogens is 1. The number of guanidine groups is 1. The molecule has 1 aromatic carbocycles. The Morgan fingerprint density at radius 2 is 1.97 bits per heavy atom. The van der Waals surface area contributed by atoms with Crippen molar-refractivity contribution in [1.29, 1.82) is 0 Å². The van der Waals surface area contributed by atoms with Gasteiger partial charge in [-0.25, -0.2) is 4.98 Å². The van der Waals surface area contributed by atoms with Gasteiger partial charge in [0.15, 0.2) is 5.96 Å². The van der Waals surface area contributed by atoms with Crippen LogP contribution in [0.15, 0.2) is 29.3 Å². The number of ether oxygens (including phenoxy) is 2. The van der Waals surface area contributed by atoms with Gasteiger partial charge < -0.3 is 20.1 Å². The Hall–Kier alpha value is -2.16. The van der Waals surface area contributed by atoms with Crippen LogP contribution >= 0.6 is 11.3 Å². The Bertz CT molecular complexity index is 783. The molecule has 8 heteroatoms. The number of hydrogen-bond acceptors (Lipinski definition) is 6. The van der Waals surface area contributed by atoms with Gasteiger partial charge in [-0.15, -0.1) is 11.3 Å². The van der Waals surface area contributed by atoms with Crippen molar-refractivity contribution in [2.45, 2.75) is 26.9 Å². The molecule has 1 fully saturated rings. The zero-order valence-corrected chi connectivity index (χ0v) is 18.3. The van der Waals surface area contributed by atoms with E-state index in [2.05, 4.69) is 38.5 Å². The molecule has 0 bridgehead atoms. The third-order valence-corrected chi connectivity index (χ3v) is 5.96. The maximum atomic E-state index is 6.06. The van der Waals surface area contributed by atoms with E-state index >= 15 is 0 Å². The summed E-state index contributed by atoms with van der Waals surface area (Å²) in [6, 6.07) is 8.14. The van der Waals surface area contributed by atoms with Crippen LogP contribution in [0.4, 0.5) is 0 Å². The smallest absolute Gasteiger partial charge is 0.191 e. The first-order valence-corrected chi connectivity index (χ1v) is 10.9. The van der Waals surface area contributed by atoms with E-state index in [4.69, 9.17) is 9.47 Å². The number of nitrogens with zero attached hydrogens (tertiary/aromatic N) is 3. The maximum Gasteiger partial charge on any atom is 0.191 e. The molecule has 0 unspecified atom stereocenters. The first-order chi connectivity index (χ1) is 14.2. The molecule has 1 saturated heterocycles. The van der Waals surface area contributed by atoms with Crippen LogP contribution in [0, 0.1) is 13.8 Å². The standard InChI is InChI=1S/C21H31N5O2S/c1-16-17(2)29-20(25-16)15-24-21(22-3)23-14-18-6-4-5-7-19(18)28-13-10-26-8-11-27-12-9-26/h4-7H,8-15H2,1-3H3,(H2,22,23,24). The summed E-state index contributed by atoms with van der Waals surface area (Å²) in [5.41, 5.74) is 2.20. The fourth-order valence-corrected chi connectivity index (χ4v) is 3.95. The maximum absolute atomic E-state index is 6.06. The Labute approximate surface area is 177 Å². The van der Waals surface area contributed by atoms with Crippen molar-refractivity contribution in [2.24, 2.45) is 4.99 Å². The van der Waals surface area contributed by atoms with E-state index in [0.29, 0.717) is 19.7 Å². The molecule has 1 aromatic heterocycles. The fourth-order valence-electron chi connectivity index (χ4n) is 3.07. The minimum absolute atomic E-state index is 0.642. The molecule has 1 aliphatic heterocycles. The number of nitrogens with one attached hydrogen (secondary N) is 2. The van der Waals surface area contributed by atoms with Gasteiger partial charge in [-0.05, 0) is 19.9 Å². The predicted molar refractivity (Wildman–Crippen MR) is 118 cm³/mol. The summed E-state index contributed by atoms with van der Waals surface area (Å²) in [5, 5.41) is 7.76. The number of thiazole rings is 1. The van der Waals surface area contributed by atoms with E-state index in [0.717, 1.165) is 60.8 Å². The molecule has 0 spiro atoms. The van der Waals surface area contributed by atoms with E-state index in [1.807, 2.05) is 25.1 Å². The molecule has 2 heterocycles. The topological polar surface area (TPSA) is 71.0 Å². The highest BCUT2D eigenvalue weighted by Gasteiger charge is 2.11. The van der Waals surface area contributed by atoms with Crippen molar-refractivity contribution in [3.05, 3.63) is 45.4 Å². The van der Waals surface area contributed by atoms with Crippen LogP contribution < -0.4 is 15.4 Å². The SMILES string of the molecule is CN=C(NCc1nc(C)c(C)s1)NCc1ccccc1OCCN1CCOCC1. The highest BCUT2D eigenvalue weighted by Crippen LogP contribution is 2.18. The molecular weight excluding hydrogens is 386 g/mol. The molecule has 0 amide bonds. The van der Waals surface area contributed by atoms with E-state index in [9.17, 15) is 0 Å². The number of hydrogen-bond donors (Lipinski definition) is 2. The van der Waals surface area contributed by atoms with Crippen LogP contribution in [0.3, 0.4) is 0 Å². The summed E-state index contributed by atoms with van der Waals surface area (Å²) >= 11 is 1.72. The van der Waals surface area contributed by atoms with Gasteiger partial charge in [-0.1, -0.05) is 18.2 Å². The number of rotatable bonds is 8. The monoisotopic (exact) mass is 417 g/mol. The van der Waals surface area contributed by atoms with Crippen LogP contribution in [-0.4, -0.2) is 62.3 Å². The minimum Gasteiger partial charge on any atom is -0.492 e. The molecule has 0 aliphatic carbocycles. The molecular formula is C21H31N5O2S. The Morgan fingerprint density at radius 3 is 2.69 bits per heavy atom. The van der Waals surface area contributed by atoms with Gasteiger partial charge in [0, 0.05) is 43.7 Å². The molecule has 0 saturated carbocycles. The zero-order chi connectivity index (χ0) is 20.5. The summed E-state index contributed by atoms with van der Waals surface area (Å²) in [7, 11) is 1.78. The van der Waals surface area contributed by atoms with E-state index in [-0.39, 0.29) is 0 Å². The Kier molecular flexibility index (Phi) is 8.27. The van der Waals surface area contributed by atoms with Crippen LogP contribution in [0.2, 0.25) is 0 Å². The minimum atomic E-state index is 0.642. The lowest BCUT2D eigenvalue weighted by Crippen LogP contribution is -2.38. The molecule has 29 heavy (non-hydrogen) atoms. The molecule has 3 rings (SSSR count). The third-order valence-electron chi connectivity index (χ3n) is 4.89. The van der Waals surface area contributed by atoms with Gasteiger partial charge in [0.25, 0.3) is 0 Å². The average molecular weight is 418 g/mol. The fraction of sp³-hybridized carbons (Fsp3) is 0.524. The Balaban J connectivity index is 1.47. The molecule has 158 valence electrons. The van der Waals surface area contributed by atoms with Crippen molar-refractivity contribution in [3.8, 4) is 5.75 Å². The molecule has 7 nitrogen and oxygen atoms in total.